The van der Waals surface area contributed by atoms with Crippen molar-refractivity contribution in [3.8, 4) is 5.75 Å². The Bertz CT molecular complexity index is 972. The summed E-state index contributed by atoms with van der Waals surface area (Å²) in [6.07, 6.45) is 5.40. The number of rotatable bonds is 7. The first-order valence-electron chi connectivity index (χ1n) is 12.0. The van der Waals surface area contributed by atoms with E-state index < -0.39 is 0 Å². The Balaban J connectivity index is 1.13. The molecular weight excluding hydrogens is 420 g/mol. The number of para-hydroxylation sites is 1. The molecular formula is C24H32N6O3. The van der Waals surface area contributed by atoms with Gasteiger partial charge in [0.25, 0.3) is 0 Å². The number of hydrogen-bond acceptors (Lipinski definition) is 6. The normalized spacial score (nSPS) is 27.5. The number of amides is 2. The molecule has 9 nitrogen and oxygen atoms in total. The van der Waals surface area contributed by atoms with E-state index in [1.54, 1.807) is 0 Å². The second-order valence-electron chi connectivity index (χ2n) is 9.58. The van der Waals surface area contributed by atoms with Gasteiger partial charge in [-0.3, -0.25) is 19.2 Å². The average molecular weight is 453 g/mol. The first kappa shape index (κ1) is 21.9. The molecule has 2 aromatic rings. The zero-order chi connectivity index (χ0) is 22.8. The van der Waals surface area contributed by atoms with Gasteiger partial charge in [-0.15, -0.1) is 5.10 Å². The fourth-order valence-electron chi connectivity index (χ4n) is 5.61. The molecule has 6 rings (SSSR count). The lowest BCUT2D eigenvalue weighted by atomic mass is 9.74. The quantitative estimate of drug-likeness (QED) is 0.679. The van der Waals surface area contributed by atoms with Gasteiger partial charge in [0.1, 0.15) is 18.1 Å². The van der Waals surface area contributed by atoms with Crippen LogP contribution >= 0.6 is 0 Å². The Kier molecular flexibility index (Phi) is 6.30. The summed E-state index contributed by atoms with van der Waals surface area (Å²) in [7, 11) is 0. The first-order chi connectivity index (χ1) is 16.1. The zero-order valence-corrected chi connectivity index (χ0v) is 18.9. The molecule has 2 bridgehead atoms. The van der Waals surface area contributed by atoms with Gasteiger partial charge in [-0.25, -0.2) is 0 Å². The van der Waals surface area contributed by atoms with Crippen molar-refractivity contribution >= 4 is 11.8 Å². The monoisotopic (exact) mass is 452 g/mol. The molecule has 4 atom stereocenters. The molecule has 0 spiro atoms. The maximum absolute atomic E-state index is 13.2. The SMILES string of the molecule is NC(=O)C1CCN(C(=O)[C@H]2CN3CCC2C[C@@H]3Cn2cc(COc3ccccc3)nn2)CC1. The van der Waals surface area contributed by atoms with Gasteiger partial charge in [-0.05, 0) is 50.3 Å². The largest absolute Gasteiger partial charge is 0.487 e. The Labute approximate surface area is 193 Å². The fourth-order valence-corrected chi connectivity index (χ4v) is 5.61. The van der Waals surface area contributed by atoms with Crippen LogP contribution in [-0.2, 0) is 22.7 Å². The van der Waals surface area contributed by atoms with Crippen molar-refractivity contribution in [2.24, 2.45) is 23.5 Å². The van der Waals surface area contributed by atoms with Gasteiger partial charge in [0.15, 0.2) is 0 Å². The molecule has 9 heteroatoms. The van der Waals surface area contributed by atoms with Crippen molar-refractivity contribution in [3.63, 3.8) is 0 Å². The lowest BCUT2D eigenvalue weighted by molar-refractivity contribution is -0.146. The molecule has 0 radical (unpaired) electrons. The molecule has 1 aromatic heterocycles. The zero-order valence-electron chi connectivity index (χ0n) is 18.9. The average Bonchev–Trinajstić information content (AvgIpc) is 3.30. The maximum Gasteiger partial charge on any atom is 0.227 e. The van der Waals surface area contributed by atoms with Crippen LogP contribution in [0.1, 0.15) is 31.4 Å². The minimum absolute atomic E-state index is 0.0608. The van der Waals surface area contributed by atoms with Crippen LogP contribution in [0, 0.1) is 17.8 Å². The second-order valence-corrected chi connectivity index (χ2v) is 9.58. The predicted octanol–water partition coefficient (Wildman–Crippen LogP) is 1.29. The minimum Gasteiger partial charge on any atom is -0.487 e. The molecule has 5 heterocycles. The van der Waals surface area contributed by atoms with Crippen LogP contribution in [-0.4, -0.2) is 68.8 Å². The summed E-state index contributed by atoms with van der Waals surface area (Å²) < 4.78 is 7.67. The van der Waals surface area contributed by atoms with Crippen LogP contribution in [0.4, 0.5) is 0 Å². The topological polar surface area (TPSA) is 107 Å². The summed E-state index contributed by atoms with van der Waals surface area (Å²) >= 11 is 0. The Morgan fingerprint density at radius 1 is 1.09 bits per heavy atom. The third kappa shape index (κ3) is 4.88. The molecule has 4 saturated heterocycles. The van der Waals surface area contributed by atoms with Gasteiger partial charge in [-0.2, -0.15) is 0 Å². The summed E-state index contributed by atoms with van der Waals surface area (Å²) in [5, 5.41) is 8.56. The molecule has 1 aromatic carbocycles. The summed E-state index contributed by atoms with van der Waals surface area (Å²) in [4.78, 5) is 29.0. The van der Waals surface area contributed by atoms with E-state index in [9.17, 15) is 9.59 Å². The molecule has 2 N–H and O–H groups in total. The molecule has 2 unspecified atom stereocenters. The number of piperidine rings is 4. The van der Waals surface area contributed by atoms with Crippen LogP contribution in [0.15, 0.2) is 36.5 Å². The predicted molar refractivity (Wildman–Crippen MR) is 121 cm³/mol. The van der Waals surface area contributed by atoms with E-state index in [2.05, 4.69) is 15.2 Å². The lowest BCUT2D eigenvalue weighted by Crippen LogP contribution is -2.59. The number of carbonyl (C=O) groups excluding carboxylic acids is 2. The van der Waals surface area contributed by atoms with Crippen LogP contribution in [0.5, 0.6) is 5.75 Å². The molecule has 4 fully saturated rings. The number of carbonyl (C=O) groups is 2. The Morgan fingerprint density at radius 3 is 2.58 bits per heavy atom. The van der Waals surface area contributed by atoms with Crippen LogP contribution in [0.2, 0.25) is 0 Å². The van der Waals surface area contributed by atoms with Gasteiger partial charge in [0.05, 0.1) is 18.7 Å². The van der Waals surface area contributed by atoms with Gasteiger partial charge >= 0.3 is 0 Å². The number of likely N-dealkylation sites (tertiary alicyclic amines) is 1. The minimum atomic E-state index is -0.240. The number of aromatic nitrogens is 3. The summed E-state index contributed by atoms with van der Waals surface area (Å²) in [6, 6.07) is 10.1. The summed E-state index contributed by atoms with van der Waals surface area (Å²) in [6.45, 7) is 4.30. The van der Waals surface area contributed by atoms with E-state index >= 15 is 0 Å². The van der Waals surface area contributed by atoms with Gasteiger partial charge in [-0.1, -0.05) is 23.4 Å². The summed E-state index contributed by atoms with van der Waals surface area (Å²) in [5.41, 5.74) is 6.24. The third-order valence-corrected chi connectivity index (χ3v) is 7.52. The molecule has 0 aliphatic carbocycles. The first-order valence-corrected chi connectivity index (χ1v) is 12.0. The van der Waals surface area contributed by atoms with Crippen LogP contribution in [0.3, 0.4) is 0 Å². The standard InChI is InChI=1S/C24H32N6O3/c25-23(31)17-6-9-28(10-7-17)24(32)22-15-29-11-8-18(22)12-20(29)14-30-13-19(26-27-30)16-33-21-4-2-1-3-5-21/h1-5,13,17-18,20,22H,6-12,14-16H2,(H2,25,31)/t18?,20-,22+/m1/s1. The lowest BCUT2D eigenvalue weighted by Gasteiger charge is -2.50. The Morgan fingerprint density at radius 2 is 1.88 bits per heavy atom. The van der Waals surface area contributed by atoms with Crippen molar-refractivity contribution < 1.29 is 14.3 Å². The van der Waals surface area contributed by atoms with E-state index in [0.717, 1.165) is 43.9 Å². The molecule has 4 aliphatic heterocycles. The van der Waals surface area contributed by atoms with Gasteiger partial charge in [0.2, 0.25) is 11.8 Å². The number of fused-ring (bicyclic) bond motifs is 3. The number of ether oxygens (including phenoxy) is 1. The van der Waals surface area contributed by atoms with E-state index in [-0.39, 0.29) is 23.7 Å². The highest BCUT2D eigenvalue weighted by Crippen LogP contribution is 2.38. The number of hydrogen-bond donors (Lipinski definition) is 1. The fraction of sp³-hybridized carbons (Fsp3) is 0.583. The molecule has 4 aliphatic rings. The highest BCUT2D eigenvalue weighted by Gasteiger charge is 2.45. The molecule has 33 heavy (non-hydrogen) atoms. The smallest absolute Gasteiger partial charge is 0.227 e. The van der Waals surface area contributed by atoms with Crippen molar-refractivity contribution in [3.05, 3.63) is 42.2 Å². The molecule has 2 amide bonds. The Hall–Kier alpha value is -2.94. The molecule has 176 valence electrons. The maximum atomic E-state index is 13.2. The van der Waals surface area contributed by atoms with Gasteiger partial charge < -0.3 is 15.4 Å². The van der Waals surface area contributed by atoms with E-state index in [1.807, 2.05) is 46.1 Å². The number of primary amides is 1. The third-order valence-electron chi connectivity index (χ3n) is 7.52. The van der Waals surface area contributed by atoms with Crippen LogP contribution < -0.4 is 10.5 Å². The number of nitrogens with two attached hydrogens (primary N) is 1. The number of nitrogens with zero attached hydrogens (tertiary/aromatic N) is 5. The van der Waals surface area contributed by atoms with E-state index in [1.165, 1.54) is 0 Å². The van der Waals surface area contributed by atoms with Crippen molar-refractivity contribution in [1.82, 2.24) is 24.8 Å². The highest BCUT2D eigenvalue weighted by molar-refractivity contribution is 5.81. The van der Waals surface area contributed by atoms with Crippen LogP contribution in [0.25, 0.3) is 0 Å². The molecule has 0 saturated carbocycles. The van der Waals surface area contributed by atoms with Gasteiger partial charge in [0, 0.05) is 31.6 Å². The van der Waals surface area contributed by atoms with E-state index in [4.69, 9.17) is 10.5 Å². The van der Waals surface area contributed by atoms with E-state index in [0.29, 0.717) is 44.5 Å². The van der Waals surface area contributed by atoms with Crippen molar-refractivity contribution in [2.45, 2.75) is 44.9 Å². The van der Waals surface area contributed by atoms with Crippen molar-refractivity contribution in [1.29, 1.82) is 0 Å². The van der Waals surface area contributed by atoms with Crippen molar-refractivity contribution in [2.75, 3.05) is 26.2 Å². The highest BCUT2D eigenvalue weighted by atomic mass is 16.5. The summed E-state index contributed by atoms with van der Waals surface area (Å²) in [5.74, 6) is 1.22. The number of benzene rings is 1. The second kappa shape index (κ2) is 9.51.